The van der Waals surface area contributed by atoms with Crippen molar-refractivity contribution < 1.29 is 19.4 Å². The molecule has 1 aromatic carbocycles. The van der Waals surface area contributed by atoms with Crippen molar-refractivity contribution in [2.75, 3.05) is 26.3 Å². The number of rotatable bonds is 7. The molecule has 1 aliphatic heterocycles. The number of piperidine rings is 1. The van der Waals surface area contributed by atoms with Gasteiger partial charge in [0.2, 0.25) is 5.91 Å². The molecule has 0 saturated carbocycles. The summed E-state index contributed by atoms with van der Waals surface area (Å²) in [6.45, 7) is 1.89. The van der Waals surface area contributed by atoms with Gasteiger partial charge in [0.15, 0.2) is 0 Å². The van der Waals surface area contributed by atoms with Crippen molar-refractivity contribution in [1.29, 1.82) is 0 Å². The second-order valence-electron chi connectivity index (χ2n) is 6.41. The molecule has 0 atom stereocenters. The topological polar surface area (TPSA) is 84.7 Å². The highest BCUT2D eigenvalue weighted by molar-refractivity contribution is 5.86. The molecule has 1 aliphatic rings. The summed E-state index contributed by atoms with van der Waals surface area (Å²) >= 11 is 0. The fourth-order valence-corrected chi connectivity index (χ4v) is 3.11. The van der Waals surface area contributed by atoms with Crippen LogP contribution in [0.15, 0.2) is 42.7 Å². The minimum absolute atomic E-state index is 0.00296. The van der Waals surface area contributed by atoms with Crippen LogP contribution in [0.4, 0.5) is 0 Å². The number of carbonyl (C=O) groups excluding carboxylic acids is 1. The summed E-state index contributed by atoms with van der Waals surface area (Å²) in [5.41, 5.74) is 1.39. The van der Waals surface area contributed by atoms with Gasteiger partial charge in [0, 0.05) is 19.3 Å². The molecular weight excluding hydrogens is 334 g/mol. The van der Waals surface area contributed by atoms with Crippen molar-refractivity contribution in [1.82, 2.24) is 14.7 Å². The van der Waals surface area contributed by atoms with E-state index in [1.807, 2.05) is 30.3 Å². The molecule has 1 fully saturated rings. The van der Waals surface area contributed by atoms with Gasteiger partial charge in [-0.15, -0.1) is 0 Å². The van der Waals surface area contributed by atoms with Crippen LogP contribution < -0.4 is 0 Å². The third kappa shape index (κ3) is 4.70. The van der Waals surface area contributed by atoms with Crippen molar-refractivity contribution >= 4 is 11.9 Å². The lowest BCUT2D eigenvalue weighted by Crippen LogP contribution is -2.41. The summed E-state index contributed by atoms with van der Waals surface area (Å²) in [6.07, 6.45) is 5.23. The Kier molecular flexibility index (Phi) is 6.01. The molecule has 1 N–H and O–H groups in total. The Morgan fingerprint density at radius 3 is 2.58 bits per heavy atom. The first-order chi connectivity index (χ1) is 12.6. The first-order valence-electron chi connectivity index (χ1n) is 8.80. The number of ether oxygens (including phenoxy) is 1. The van der Waals surface area contributed by atoms with Crippen molar-refractivity contribution in [3.63, 3.8) is 0 Å². The van der Waals surface area contributed by atoms with Gasteiger partial charge in [0.1, 0.15) is 6.61 Å². The number of aromatic nitrogens is 2. The zero-order valence-corrected chi connectivity index (χ0v) is 14.6. The van der Waals surface area contributed by atoms with Crippen LogP contribution in [-0.4, -0.2) is 58.0 Å². The summed E-state index contributed by atoms with van der Waals surface area (Å²) in [6, 6.07) is 10.2. The van der Waals surface area contributed by atoms with Crippen LogP contribution in [0.3, 0.4) is 0 Å². The molecule has 0 aliphatic carbocycles. The molecule has 1 aromatic heterocycles. The Labute approximate surface area is 152 Å². The fourth-order valence-electron chi connectivity index (χ4n) is 3.11. The van der Waals surface area contributed by atoms with E-state index in [1.54, 1.807) is 15.8 Å². The quantitative estimate of drug-likeness (QED) is 0.766. The average molecular weight is 357 g/mol. The van der Waals surface area contributed by atoms with Crippen LogP contribution in [0.5, 0.6) is 0 Å². The van der Waals surface area contributed by atoms with Crippen molar-refractivity contribution in [3.05, 3.63) is 53.9 Å². The van der Waals surface area contributed by atoms with E-state index in [9.17, 15) is 9.59 Å². The number of carboxylic acid groups (broad SMARTS) is 1. The predicted molar refractivity (Wildman–Crippen MR) is 95.0 cm³/mol. The second-order valence-corrected chi connectivity index (χ2v) is 6.41. The maximum atomic E-state index is 12.2. The smallest absolute Gasteiger partial charge is 0.338 e. The summed E-state index contributed by atoms with van der Waals surface area (Å²) in [5.74, 6) is -0.972. The van der Waals surface area contributed by atoms with Crippen LogP contribution in [0.1, 0.15) is 34.8 Å². The Morgan fingerprint density at radius 1 is 1.19 bits per heavy atom. The average Bonchev–Trinajstić information content (AvgIpc) is 3.17. The van der Waals surface area contributed by atoms with E-state index in [-0.39, 0.29) is 24.1 Å². The minimum atomic E-state index is -0.975. The lowest BCUT2D eigenvalue weighted by molar-refractivity contribution is -0.137. The molecule has 26 heavy (non-hydrogen) atoms. The van der Waals surface area contributed by atoms with E-state index in [4.69, 9.17) is 9.84 Å². The van der Waals surface area contributed by atoms with Gasteiger partial charge >= 0.3 is 5.97 Å². The summed E-state index contributed by atoms with van der Waals surface area (Å²) in [5, 5.41) is 13.1. The molecule has 7 nitrogen and oxygen atoms in total. The van der Waals surface area contributed by atoms with Gasteiger partial charge < -0.3 is 14.7 Å². The molecule has 2 aromatic rings. The standard InChI is InChI=1S/C19H23N3O4/c23-18(14-26-11-8-15-4-2-1-3-5-15)21-9-6-17(7-10-21)22-13-16(12-20-22)19(24)25/h1-5,12-13,17H,6-11,14H2,(H,24,25). The van der Waals surface area contributed by atoms with Gasteiger partial charge in [-0.25, -0.2) is 4.79 Å². The molecule has 7 heteroatoms. The van der Waals surface area contributed by atoms with E-state index < -0.39 is 5.97 Å². The molecular formula is C19H23N3O4. The second kappa shape index (κ2) is 8.62. The highest BCUT2D eigenvalue weighted by Crippen LogP contribution is 2.22. The monoisotopic (exact) mass is 357 g/mol. The van der Waals surface area contributed by atoms with Gasteiger partial charge in [-0.2, -0.15) is 5.10 Å². The van der Waals surface area contributed by atoms with Gasteiger partial charge in [0.05, 0.1) is 24.4 Å². The molecule has 0 spiro atoms. The predicted octanol–water partition coefficient (Wildman–Crippen LogP) is 2.00. The number of hydrogen-bond acceptors (Lipinski definition) is 4. The Balaban J connectivity index is 1.38. The minimum Gasteiger partial charge on any atom is -0.478 e. The van der Waals surface area contributed by atoms with E-state index >= 15 is 0 Å². The molecule has 138 valence electrons. The maximum Gasteiger partial charge on any atom is 0.338 e. The molecule has 3 rings (SSSR count). The van der Waals surface area contributed by atoms with E-state index in [2.05, 4.69) is 5.10 Å². The van der Waals surface area contributed by atoms with Crippen LogP contribution in [0.25, 0.3) is 0 Å². The number of carbonyl (C=O) groups is 2. The SMILES string of the molecule is O=C(O)c1cnn(C2CCN(C(=O)COCCc3ccccc3)CC2)c1. The maximum absolute atomic E-state index is 12.2. The zero-order chi connectivity index (χ0) is 18.4. The summed E-state index contributed by atoms with van der Waals surface area (Å²) in [7, 11) is 0. The fraction of sp³-hybridized carbons (Fsp3) is 0.421. The molecule has 1 saturated heterocycles. The normalized spacial score (nSPS) is 15.2. The van der Waals surface area contributed by atoms with Crippen LogP contribution in [-0.2, 0) is 16.0 Å². The first-order valence-corrected chi connectivity index (χ1v) is 8.80. The summed E-state index contributed by atoms with van der Waals surface area (Å²) < 4.78 is 7.22. The Bertz CT molecular complexity index is 736. The van der Waals surface area contributed by atoms with Crippen molar-refractivity contribution in [2.24, 2.45) is 0 Å². The molecule has 0 bridgehead atoms. The first kappa shape index (κ1) is 18.1. The third-order valence-corrected chi connectivity index (χ3v) is 4.64. The van der Waals surface area contributed by atoms with E-state index in [1.165, 1.54) is 11.8 Å². The third-order valence-electron chi connectivity index (χ3n) is 4.64. The van der Waals surface area contributed by atoms with Gasteiger partial charge in [0.25, 0.3) is 0 Å². The number of carboxylic acids is 1. The summed E-state index contributed by atoms with van der Waals surface area (Å²) in [4.78, 5) is 25.0. The molecule has 0 radical (unpaired) electrons. The van der Waals surface area contributed by atoms with E-state index in [0.29, 0.717) is 19.7 Å². The van der Waals surface area contributed by atoms with Gasteiger partial charge in [-0.05, 0) is 24.8 Å². The van der Waals surface area contributed by atoms with Crippen LogP contribution in [0.2, 0.25) is 0 Å². The molecule has 1 amide bonds. The number of amides is 1. The number of likely N-dealkylation sites (tertiary alicyclic amines) is 1. The lowest BCUT2D eigenvalue weighted by atomic mass is 10.1. The van der Waals surface area contributed by atoms with Gasteiger partial charge in [-0.3, -0.25) is 9.48 Å². The van der Waals surface area contributed by atoms with E-state index in [0.717, 1.165) is 19.3 Å². The van der Waals surface area contributed by atoms with Crippen LogP contribution >= 0.6 is 0 Å². The number of hydrogen-bond donors (Lipinski definition) is 1. The van der Waals surface area contributed by atoms with Crippen LogP contribution in [0, 0.1) is 0 Å². The van der Waals surface area contributed by atoms with Gasteiger partial charge in [-0.1, -0.05) is 30.3 Å². The number of benzene rings is 1. The molecule has 2 heterocycles. The number of nitrogens with zero attached hydrogens (tertiary/aromatic N) is 3. The highest BCUT2D eigenvalue weighted by Gasteiger charge is 2.24. The zero-order valence-electron chi connectivity index (χ0n) is 14.6. The van der Waals surface area contributed by atoms with Crippen molar-refractivity contribution in [3.8, 4) is 0 Å². The molecule has 0 unspecified atom stereocenters. The Hall–Kier alpha value is -2.67. The highest BCUT2D eigenvalue weighted by atomic mass is 16.5. The lowest BCUT2D eigenvalue weighted by Gasteiger charge is -2.32. The largest absolute Gasteiger partial charge is 0.478 e. The number of aromatic carboxylic acids is 1. The Morgan fingerprint density at radius 2 is 1.92 bits per heavy atom. The van der Waals surface area contributed by atoms with Crippen molar-refractivity contribution in [2.45, 2.75) is 25.3 Å².